The van der Waals surface area contributed by atoms with Crippen molar-refractivity contribution >= 4 is 42.5 Å². The van der Waals surface area contributed by atoms with E-state index >= 15 is 0 Å². The topological polar surface area (TPSA) is 68.4 Å². The summed E-state index contributed by atoms with van der Waals surface area (Å²) in [4.78, 5) is 33.7. The van der Waals surface area contributed by atoms with Crippen LogP contribution >= 0.6 is 0 Å². The number of carbonyl (C=O) groups excluding carboxylic acids is 2. The van der Waals surface area contributed by atoms with Gasteiger partial charge in [-0.25, -0.2) is 0 Å². The zero-order valence-electron chi connectivity index (χ0n) is 18.4. The second-order valence-corrected chi connectivity index (χ2v) is 9.02. The van der Waals surface area contributed by atoms with Crippen LogP contribution in [0.15, 0.2) is 18.2 Å². The number of aromatic nitrogens is 1. The maximum atomic E-state index is 13.3. The third kappa shape index (κ3) is 3.72. The molecule has 0 aliphatic carbocycles. The molecule has 0 spiro atoms. The highest BCUT2D eigenvalue weighted by atomic mass is 16.2. The van der Waals surface area contributed by atoms with Crippen LogP contribution in [-0.4, -0.2) is 67.2 Å². The van der Waals surface area contributed by atoms with Gasteiger partial charge in [0, 0.05) is 48.7 Å². The molecule has 1 fully saturated rings. The number of rotatable bonds is 4. The van der Waals surface area contributed by atoms with Gasteiger partial charge in [0.1, 0.15) is 7.85 Å². The summed E-state index contributed by atoms with van der Waals surface area (Å²) in [7, 11) is 2.02. The maximum Gasteiger partial charge on any atom is 0.256 e. The molecule has 1 aromatic heterocycles. The highest BCUT2D eigenvalue weighted by molar-refractivity contribution is 6.37. The van der Waals surface area contributed by atoms with E-state index in [0.717, 1.165) is 78.4 Å². The molecule has 3 aliphatic rings. The van der Waals surface area contributed by atoms with Crippen LogP contribution in [0.2, 0.25) is 0 Å². The molecule has 6 nitrogen and oxygen atoms in total. The summed E-state index contributed by atoms with van der Waals surface area (Å²) in [5, 5.41) is 2.94. The van der Waals surface area contributed by atoms with E-state index in [1.165, 1.54) is 19.3 Å². The van der Waals surface area contributed by atoms with E-state index in [1.54, 1.807) is 0 Å². The van der Waals surface area contributed by atoms with Gasteiger partial charge in [0.25, 0.3) is 11.8 Å². The summed E-state index contributed by atoms with van der Waals surface area (Å²) in [6.07, 6.45) is 6.59. The first-order valence-electron chi connectivity index (χ1n) is 11.4. The summed E-state index contributed by atoms with van der Waals surface area (Å²) < 4.78 is 0. The van der Waals surface area contributed by atoms with Crippen LogP contribution in [0.4, 0.5) is 5.69 Å². The molecule has 1 aromatic carbocycles. The predicted molar refractivity (Wildman–Crippen MR) is 127 cm³/mol. The number of fused-ring (bicyclic) bond motifs is 2. The van der Waals surface area contributed by atoms with E-state index in [0.29, 0.717) is 5.57 Å². The molecule has 7 heteroatoms. The first kappa shape index (κ1) is 20.1. The highest BCUT2D eigenvalue weighted by Gasteiger charge is 2.30. The fourth-order valence-corrected chi connectivity index (χ4v) is 5.06. The average molecular weight is 416 g/mol. The van der Waals surface area contributed by atoms with Crippen molar-refractivity contribution in [1.82, 2.24) is 14.8 Å². The molecule has 5 rings (SSSR count). The summed E-state index contributed by atoms with van der Waals surface area (Å²) in [6.45, 7) is 6.77. The number of aromatic amines is 1. The van der Waals surface area contributed by atoms with Crippen molar-refractivity contribution in [1.29, 1.82) is 0 Å². The number of nitrogens with one attached hydrogen (secondary N) is 2. The van der Waals surface area contributed by atoms with Gasteiger partial charge in [0.2, 0.25) is 0 Å². The Morgan fingerprint density at radius 1 is 1.10 bits per heavy atom. The molecule has 4 heterocycles. The van der Waals surface area contributed by atoms with Crippen LogP contribution in [0.1, 0.15) is 52.1 Å². The largest absolute Gasteiger partial charge is 0.358 e. The van der Waals surface area contributed by atoms with Crippen LogP contribution in [0, 0.1) is 6.92 Å². The standard InChI is InChI=1S/C24H29BN4O2/c1-15-21(14-18-17-13-16(25)5-6-19(17)27-23(18)30)26-20-7-10-29(24(31)22(15)20)12-11-28-8-3-2-4-9-28/h5-6,13-14,26H,2-4,7-12,25H2,1H3,(H,27,30)/b18-14-. The second-order valence-electron chi connectivity index (χ2n) is 9.02. The van der Waals surface area contributed by atoms with Crippen molar-refractivity contribution in [3.05, 3.63) is 46.3 Å². The van der Waals surface area contributed by atoms with Crippen LogP contribution in [-0.2, 0) is 11.2 Å². The normalized spacial score (nSPS) is 20.2. The van der Waals surface area contributed by atoms with E-state index in [4.69, 9.17) is 0 Å². The summed E-state index contributed by atoms with van der Waals surface area (Å²) in [6, 6.07) is 5.97. The van der Waals surface area contributed by atoms with E-state index in [-0.39, 0.29) is 11.8 Å². The van der Waals surface area contributed by atoms with E-state index in [2.05, 4.69) is 15.2 Å². The molecule has 2 amide bonds. The van der Waals surface area contributed by atoms with Crippen LogP contribution in [0.25, 0.3) is 11.6 Å². The van der Waals surface area contributed by atoms with Gasteiger partial charge in [-0.05, 0) is 50.6 Å². The van der Waals surface area contributed by atoms with Crippen LogP contribution in [0.5, 0.6) is 0 Å². The zero-order chi connectivity index (χ0) is 21.5. The number of anilines is 1. The molecule has 0 unspecified atom stereocenters. The number of nitrogens with zero attached hydrogens (tertiary/aromatic N) is 2. The molecule has 2 N–H and O–H groups in total. The summed E-state index contributed by atoms with van der Waals surface area (Å²) >= 11 is 0. The predicted octanol–water partition coefficient (Wildman–Crippen LogP) is 1.56. The van der Waals surface area contributed by atoms with Crippen LogP contribution in [0.3, 0.4) is 0 Å². The number of likely N-dealkylation sites (tertiary alicyclic amines) is 1. The Kier molecular flexibility index (Phi) is 5.22. The number of hydrogen-bond donors (Lipinski definition) is 2. The lowest BCUT2D eigenvalue weighted by atomic mass is 9.92. The van der Waals surface area contributed by atoms with Crippen molar-refractivity contribution in [2.24, 2.45) is 0 Å². The Balaban J connectivity index is 1.39. The van der Waals surface area contributed by atoms with Gasteiger partial charge in [-0.15, -0.1) is 0 Å². The Morgan fingerprint density at radius 3 is 2.71 bits per heavy atom. The Labute approximate surface area is 184 Å². The van der Waals surface area contributed by atoms with Crippen molar-refractivity contribution in [2.45, 2.75) is 32.6 Å². The van der Waals surface area contributed by atoms with Crippen LogP contribution < -0.4 is 10.8 Å². The number of benzene rings is 1. The number of piperidine rings is 1. The minimum Gasteiger partial charge on any atom is -0.358 e. The van der Waals surface area contributed by atoms with E-state index in [9.17, 15) is 9.59 Å². The lowest BCUT2D eigenvalue weighted by molar-refractivity contribution is -0.110. The van der Waals surface area contributed by atoms with Crippen molar-refractivity contribution < 1.29 is 9.59 Å². The second kappa shape index (κ2) is 8.04. The van der Waals surface area contributed by atoms with Crippen molar-refractivity contribution in [2.75, 3.05) is 38.0 Å². The van der Waals surface area contributed by atoms with Gasteiger partial charge in [0.05, 0.1) is 11.1 Å². The van der Waals surface area contributed by atoms with Gasteiger partial charge >= 0.3 is 0 Å². The molecule has 2 aromatic rings. The fraction of sp³-hybridized carbons (Fsp3) is 0.417. The van der Waals surface area contributed by atoms with Gasteiger partial charge in [-0.3, -0.25) is 9.59 Å². The number of H-pyrrole nitrogens is 1. The molecule has 31 heavy (non-hydrogen) atoms. The highest BCUT2D eigenvalue weighted by Crippen LogP contribution is 2.34. The van der Waals surface area contributed by atoms with Gasteiger partial charge in [-0.1, -0.05) is 24.0 Å². The fourth-order valence-electron chi connectivity index (χ4n) is 5.06. The first-order chi connectivity index (χ1) is 15.0. The summed E-state index contributed by atoms with van der Waals surface area (Å²) in [5.74, 6) is 0.0193. The smallest absolute Gasteiger partial charge is 0.256 e. The van der Waals surface area contributed by atoms with Gasteiger partial charge < -0.3 is 20.1 Å². The molecule has 0 bridgehead atoms. The monoisotopic (exact) mass is 416 g/mol. The molecule has 3 aliphatic heterocycles. The molecular formula is C24H29BN4O2. The van der Waals surface area contributed by atoms with Crippen molar-refractivity contribution in [3.63, 3.8) is 0 Å². The SMILES string of the molecule is Bc1ccc2c(c1)/C(=C/c1[nH]c3c(c1C)C(=O)N(CCN1CCCCC1)CC3)C(=O)N2. The first-order valence-corrected chi connectivity index (χ1v) is 11.4. The molecule has 0 saturated carbocycles. The Hall–Kier alpha value is -2.80. The molecule has 0 radical (unpaired) electrons. The van der Waals surface area contributed by atoms with Gasteiger partial charge in [0.15, 0.2) is 0 Å². The number of carbonyl (C=O) groups is 2. The minimum absolute atomic E-state index is 0.0953. The zero-order valence-corrected chi connectivity index (χ0v) is 18.4. The van der Waals surface area contributed by atoms with Gasteiger partial charge in [-0.2, -0.15) is 0 Å². The molecule has 0 atom stereocenters. The Morgan fingerprint density at radius 2 is 1.90 bits per heavy atom. The molecule has 160 valence electrons. The molecular weight excluding hydrogens is 387 g/mol. The lowest BCUT2D eigenvalue weighted by Crippen LogP contribution is -2.43. The van der Waals surface area contributed by atoms with E-state index < -0.39 is 0 Å². The third-order valence-corrected chi connectivity index (χ3v) is 6.88. The van der Waals surface area contributed by atoms with Crippen molar-refractivity contribution in [3.8, 4) is 0 Å². The quantitative estimate of drug-likeness (QED) is 0.587. The third-order valence-electron chi connectivity index (χ3n) is 6.88. The average Bonchev–Trinajstić information content (AvgIpc) is 3.25. The van der Waals surface area contributed by atoms with E-state index in [1.807, 2.05) is 43.9 Å². The minimum atomic E-state index is -0.0953. The summed E-state index contributed by atoms with van der Waals surface area (Å²) in [5.41, 5.74) is 7.10. The number of amides is 2. The molecule has 1 saturated heterocycles. The maximum absolute atomic E-state index is 13.3. The number of hydrogen-bond acceptors (Lipinski definition) is 3. The lowest BCUT2D eigenvalue weighted by Gasteiger charge is -2.32. The Bertz CT molecular complexity index is 1080.